The zero-order valence-electron chi connectivity index (χ0n) is 12.3. The molecule has 1 amide bonds. The Labute approximate surface area is 125 Å². The molecular weight excluding hydrogens is 260 g/mol. The van der Waals surface area contributed by atoms with Gasteiger partial charge in [0.2, 0.25) is 0 Å². The molecular formula is C18H20N2O. The number of rotatable bonds is 2. The lowest BCUT2D eigenvalue weighted by Crippen LogP contribution is -2.36. The molecule has 1 heterocycles. The number of aryl methyl sites for hydroxylation is 1. The second kappa shape index (κ2) is 5.60. The van der Waals surface area contributed by atoms with Gasteiger partial charge in [0.25, 0.3) is 5.91 Å². The number of carbonyl (C=O) groups is 1. The van der Waals surface area contributed by atoms with Crippen LogP contribution in [0.25, 0.3) is 0 Å². The van der Waals surface area contributed by atoms with Gasteiger partial charge in [-0.1, -0.05) is 31.2 Å². The lowest BCUT2D eigenvalue weighted by atomic mass is 9.97. The summed E-state index contributed by atoms with van der Waals surface area (Å²) in [4.78, 5) is 14.8. The van der Waals surface area contributed by atoms with Gasteiger partial charge < -0.3 is 10.6 Å². The Balaban J connectivity index is 2.03. The molecule has 108 valence electrons. The Hall–Kier alpha value is -2.29. The molecule has 1 aliphatic rings. The van der Waals surface area contributed by atoms with Crippen LogP contribution < -0.4 is 10.6 Å². The van der Waals surface area contributed by atoms with Crippen molar-refractivity contribution in [3.05, 3.63) is 59.2 Å². The fourth-order valence-corrected chi connectivity index (χ4v) is 3.05. The fourth-order valence-electron chi connectivity index (χ4n) is 3.05. The van der Waals surface area contributed by atoms with E-state index in [0.717, 1.165) is 53.9 Å². The average Bonchev–Trinajstić information content (AvgIpc) is 2.54. The summed E-state index contributed by atoms with van der Waals surface area (Å²) < 4.78 is 0. The molecule has 2 N–H and O–H groups in total. The molecule has 0 unspecified atom stereocenters. The fraction of sp³-hybridized carbons (Fsp3) is 0.278. The Kier molecular flexibility index (Phi) is 3.65. The zero-order chi connectivity index (χ0) is 14.8. The monoisotopic (exact) mass is 280 g/mol. The Morgan fingerprint density at radius 2 is 2.00 bits per heavy atom. The summed E-state index contributed by atoms with van der Waals surface area (Å²) in [5.41, 5.74) is 10.8. The third-order valence-corrected chi connectivity index (χ3v) is 4.16. The van der Waals surface area contributed by atoms with Crippen molar-refractivity contribution in [3.8, 4) is 0 Å². The summed E-state index contributed by atoms with van der Waals surface area (Å²) in [6.45, 7) is 2.83. The summed E-state index contributed by atoms with van der Waals surface area (Å²) >= 11 is 0. The summed E-state index contributed by atoms with van der Waals surface area (Å²) in [6, 6.07) is 13.7. The second-order valence-corrected chi connectivity index (χ2v) is 5.42. The first-order chi connectivity index (χ1) is 10.2. The minimum atomic E-state index is 0.0824. The van der Waals surface area contributed by atoms with Crippen LogP contribution in [0, 0.1) is 0 Å². The topological polar surface area (TPSA) is 46.3 Å². The van der Waals surface area contributed by atoms with Crippen LogP contribution in [0.2, 0.25) is 0 Å². The number of fused-ring (bicyclic) bond motifs is 1. The van der Waals surface area contributed by atoms with Crippen LogP contribution in [0.4, 0.5) is 11.4 Å². The lowest BCUT2D eigenvalue weighted by Gasteiger charge is -2.30. The van der Waals surface area contributed by atoms with Gasteiger partial charge in [0.15, 0.2) is 0 Å². The van der Waals surface area contributed by atoms with Crippen LogP contribution >= 0.6 is 0 Å². The molecule has 2 aromatic rings. The van der Waals surface area contributed by atoms with Gasteiger partial charge >= 0.3 is 0 Å². The smallest absolute Gasteiger partial charge is 0.258 e. The number of nitrogens with zero attached hydrogens (tertiary/aromatic N) is 1. The predicted molar refractivity (Wildman–Crippen MR) is 86.7 cm³/mol. The van der Waals surface area contributed by atoms with E-state index in [4.69, 9.17) is 5.73 Å². The molecule has 0 saturated carbocycles. The first-order valence-electron chi connectivity index (χ1n) is 7.49. The maximum absolute atomic E-state index is 12.9. The molecule has 0 bridgehead atoms. The Bertz CT molecular complexity index is 679. The van der Waals surface area contributed by atoms with Crippen LogP contribution in [-0.4, -0.2) is 12.5 Å². The van der Waals surface area contributed by atoms with E-state index in [2.05, 4.69) is 6.92 Å². The first-order valence-corrected chi connectivity index (χ1v) is 7.49. The molecule has 0 radical (unpaired) electrons. The Morgan fingerprint density at radius 1 is 1.19 bits per heavy atom. The highest BCUT2D eigenvalue weighted by Gasteiger charge is 2.25. The van der Waals surface area contributed by atoms with Crippen LogP contribution in [0.15, 0.2) is 42.5 Å². The summed E-state index contributed by atoms with van der Waals surface area (Å²) in [5, 5.41) is 0. The maximum atomic E-state index is 12.9. The minimum Gasteiger partial charge on any atom is -0.398 e. The highest BCUT2D eigenvalue weighted by atomic mass is 16.2. The van der Waals surface area contributed by atoms with Gasteiger partial charge in [-0.15, -0.1) is 0 Å². The number of carbonyl (C=O) groups excluding carboxylic acids is 1. The highest BCUT2D eigenvalue weighted by molar-refractivity contribution is 6.08. The van der Waals surface area contributed by atoms with Crippen LogP contribution in [-0.2, 0) is 12.8 Å². The van der Waals surface area contributed by atoms with Gasteiger partial charge in [-0.3, -0.25) is 4.79 Å². The normalized spacial score (nSPS) is 13.9. The van der Waals surface area contributed by atoms with Crippen molar-refractivity contribution < 1.29 is 4.79 Å². The standard InChI is InChI=1S/C18H20N2O/c1-2-13-7-3-4-8-14(13)18(21)20-12-6-9-15-16(19)10-5-11-17(15)20/h3-5,7-8,10-11H,2,6,9,12,19H2,1H3. The number of nitrogens with two attached hydrogens (primary N) is 1. The van der Waals surface area contributed by atoms with Crippen molar-refractivity contribution in [2.24, 2.45) is 0 Å². The third-order valence-electron chi connectivity index (χ3n) is 4.16. The van der Waals surface area contributed by atoms with Crippen molar-refractivity contribution in [1.82, 2.24) is 0 Å². The summed E-state index contributed by atoms with van der Waals surface area (Å²) in [7, 11) is 0. The molecule has 21 heavy (non-hydrogen) atoms. The van der Waals surface area contributed by atoms with Gasteiger partial charge in [-0.05, 0) is 48.6 Å². The van der Waals surface area contributed by atoms with Gasteiger partial charge in [-0.2, -0.15) is 0 Å². The van der Waals surface area contributed by atoms with E-state index in [1.807, 2.05) is 47.4 Å². The van der Waals surface area contributed by atoms with Crippen molar-refractivity contribution in [1.29, 1.82) is 0 Å². The number of hydrogen-bond acceptors (Lipinski definition) is 2. The number of hydrogen-bond donors (Lipinski definition) is 1. The van der Waals surface area contributed by atoms with Crippen molar-refractivity contribution >= 4 is 17.3 Å². The molecule has 0 saturated heterocycles. The van der Waals surface area contributed by atoms with Gasteiger partial charge in [0.1, 0.15) is 0 Å². The van der Waals surface area contributed by atoms with Crippen molar-refractivity contribution in [2.75, 3.05) is 17.2 Å². The summed E-state index contributed by atoms with van der Waals surface area (Å²) in [6.07, 6.45) is 2.77. The molecule has 3 rings (SSSR count). The van der Waals surface area contributed by atoms with Gasteiger partial charge in [0, 0.05) is 23.5 Å². The third kappa shape index (κ3) is 2.40. The molecule has 0 aromatic heterocycles. The van der Waals surface area contributed by atoms with Crippen LogP contribution in [0.5, 0.6) is 0 Å². The number of amides is 1. The number of anilines is 2. The van der Waals surface area contributed by atoms with Crippen LogP contribution in [0.3, 0.4) is 0 Å². The van der Waals surface area contributed by atoms with Gasteiger partial charge in [-0.25, -0.2) is 0 Å². The molecule has 3 nitrogen and oxygen atoms in total. The molecule has 0 spiro atoms. The quantitative estimate of drug-likeness (QED) is 0.857. The number of benzene rings is 2. The minimum absolute atomic E-state index is 0.0824. The van der Waals surface area contributed by atoms with E-state index in [1.54, 1.807) is 0 Å². The van der Waals surface area contributed by atoms with Crippen molar-refractivity contribution in [3.63, 3.8) is 0 Å². The predicted octanol–water partition coefficient (Wildman–Crippen LogP) is 3.42. The van der Waals surface area contributed by atoms with E-state index in [0.29, 0.717) is 0 Å². The lowest BCUT2D eigenvalue weighted by molar-refractivity contribution is 0.0984. The zero-order valence-corrected chi connectivity index (χ0v) is 12.3. The average molecular weight is 280 g/mol. The summed E-state index contributed by atoms with van der Waals surface area (Å²) in [5.74, 6) is 0.0824. The van der Waals surface area contributed by atoms with Crippen LogP contribution in [0.1, 0.15) is 34.8 Å². The van der Waals surface area contributed by atoms with E-state index >= 15 is 0 Å². The largest absolute Gasteiger partial charge is 0.398 e. The Morgan fingerprint density at radius 3 is 2.81 bits per heavy atom. The molecule has 0 fully saturated rings. The maximum Gasteiger partial charge on any atom is 0.258 e. The second-order valence-electron chi connectivity index (χ2n) is 5.42. The van der Waals surface area contributed by atoms with E-state index in [9.17, 15) is 4.79 Å². The highest BCUT2D eigenvalue weighted by Crippen LogP contribution is 2.32. The number of nitrogen functional groups attached to an aromatic ring is 1. The van der Waals surface area contributed by atoms with E-state index in [-0.39, 0.29) is 5.91 Å². The first kappa shape index (κ1) is 13.7. The SMILES string of the molecule is CCc1ccccc1C(=O)N1CCCc2c(N)cccc21. The molecule has 3 heteroatoms. The molecule has 0 atom stereocenters. The molecule has 2 aromatic carbocycles. The van der Waals surface area contributed by atoms with Gasteiger partial charge in [0.05, 0.1) is 0 Å². The van der Waals surface area contributed by atoms with E-state index < -0.39 is 0 Å². The van der Waals surface area contributed by atoms with E-state index in [1.165, 1.54) is 0 Å². The molecule has 0 aliphatic carbocycles. The molecule has 1 aliphatic heterocycles. The van der Waals surface area contributed by atoms with Crippen molar-refractivity contribution in [2.45, 2.75) is 26.2 Å².